The first-order chi connectivity index (χ1) is 8.25. The lowest BCUT2D eigenvalue weighted by atomic mass is 10.0. The highest BCUT2D eigenvalue weighted by Crippen LogP contribution is 2.29. The van der Waals surface area contributed by atoms with Gasteiger partial charge in [-0.25, -0.2) is 4.39 Å². The second-order valence-electron chi connectivity index (χ2n) is 3.79. The molecule has 18 heavy (non-hydrogen) atoms. The molecule has 1 rings (SSSR count). The van der Waals surface area contributed by atoms with Crippen LogP contribution in [0.15, 0.2) is 18.2 Å². The Balaban J connectivity index is 2.81. The number of hydrogen-bond acceptors (Lipinski definition) is 3. The quantitative estimate of drug-likeness (QED) is 0.822. The lowest BCUT2D eigenvalue weighted by Crippen LogP contribution is -2.38. The van der Waals surface area contributed by atoms with Crippen molar-refractivity contribution in [2.24, 2.45) is 5.73 Å². The van der Waals surface area contributed by atoms with Crippen molar-refractivity contribution in [2.75, 3.05) is 7.11 Å². The van der Waals surface area contributed by atoms with E-state index >= 15 is 0 Å². The largest absolute Gasteiger partial charge is 0.494 e. The summed E-state index contributed by atoms with van der Waals surface area (Å²) in [6.45, 7) is 0. The molecule has 0 amide bonds. The van der Waals surface area contributed by atoms with Gasteiger partial charge in [-0.05, 0) is 17.7 Å². The van der Waals surface area contributed by atoms with Crippen LogP contribution in [-0.2, 0) is 0 Å². The topological polar surface area (TPSA) is 55.5 Å². The minimum atomic E-state index is -4.58. The highest BCUT2D eigenvalue weighted by atomic mass is 19.4. The molecule has 0 aliphatic carbocycles. The van der Waals surface area contributed by atoms with Gasteiger partial charge in [-0.15, -0.1) is 0 Å². The molecule has 7 heteroatoms. The molecule has 0 aromatic heterocycles. The van der Waals surface area contributed by atoms with Gasteiger partial charge >= 0.3 is 6.18 Å². The van der Waals surface area contributed by atoms with Crippen LogP contribution in [0.25, 0.3) is 0 Å². The average molecular weight is 267 g/mol. The number of aliphatic hydroxyl groups excluding tert-OH is 1. The third kappa shape index (κ3) is 3.58. The first-order valence-electron chi connectivity index (χ1n) is 5.09. The van der Waals surface area contributed by atoms with Gasteiger partial charge in [0.2, 0.25) is 0 Å². The molecule has 3 N–H and O–H groups in total. The molecule has 0 bridgehead atoms. The molecule has 0 fully saturated rings. The van der Waals surface area contributed by atoms with E-state index in [1.54, 1.807) is 0 Å². The second kappa shape index (κ2) is 5.53. The number of aliphatic hydroxyl groups is 1. The maximum absolute atomic E-state index is 13.1. The van der Waals surface area contributed by atoms with Crippen LogP contribution in [0, 0.1) is 5.82 Å². The number of benzene rings is 1. The highest BCUT2D eigenvalue weighted by Gasteiger charge is 2.38. The third-order valence-corrected chi connectivity index (χ3v) is 2.46. The van der Waals surface area contributed by atoms with Crippen LogP contribution < -0.4 is 10.5 Å². The number of alkyl halides is 3. The number of nitrogens with two attached hydrogens (primary N) is 1. The molecule has 0 saturated heterocycles. The molecule has 3 nitrogen and oxygen atoms in total. The van der Waals surface area contributed by atoms with Gasteiger partial charge in [0.15, 0.2) is 11.6 Å². The van der Waals surface area contributed by atoms with Crippen LogP contribution in [-0.4, -0.2) is 24.4 Å². The molecule has 0 spiro atoms. The zero-order valence-electron chi connectivity index (χ0n) is 9.54. The SMILES string of the molecule is COc1cc([C@H](O)C[C@@H](N)C(F)(F)F)ccc1F. The standard InChI is InChI=1S/C11H13F4NO2/c1-18-9-4-6(2-3-7(9)12)8(17)5-10(16)11(13,14)15/h2-4,8,10,17H,5,16H2,1H3/t8-,10-/m1/s1. The summed E-state index contributed by atoms with van der Waals surface area (Å²) in [4.78, 5) is 0. The number of rotatable bonds is 4. The summed E-state index contributed by atoms with van der Waals surface area (Å²) in [6, 6.07) is 1.20. The lowest BCUT2D eigenvalue weighted by molar-refractivity contribution is -0.153. The van der Waals surface area contributed by atoms with Crippen molar-refractivity contribution in [3.05, 3.63) is 29.6 Å². The monoisotopic (exact) mass is 267 g/mol. The van der Waals surface area contributed by atoms with E-state index in [-0.39, 0.29) is 11.3 Å². The molecule has 2 atom stereocenters. The smallest absolute Gasteiger partial charge is 0.403 e. The van der Waals surface area contributed by atoms with Gasteiger partial charge in [0.25, 0.3) is 0 Å². The van der Waals surface area contributed by atoms with E-state index in [1.165, 1.54) is 13.2 Å². The fourth-order valence-electron chi connectivity index (χ4n) is 1.39. The van der Waals surface area contributed by atoms with Crippen molar-refractivity contribution >= 4 is 0 Å². The number of hydrogen-bond donors (Lipinski definition) is 2. The van der Waals surface area contributed by atoms with Crippen molar-refractivity contribution in [3.63, 3.8) is 0 Å². The zero-order valence-corrected chi connectivity index (χ0v) is 9.54. The van der Waals surface area contributed by atoms with Crippen molar-refractivity contribution in [1.29, 1.82) is 0 Å². The Labute approximate surface area is 101 Å². The van der Waals surface area contributed by atoms with Crippen LogP contribution in [0.5, 0.6) is 5.75 Å². The molecule has 0 saturated carbocycles. The number of methoxy groups -OCH3 is 1. The number of ether oxygens (including phenoxy) is 1. The van der Waals surface area contributed by atoms with Gasteiger partial charge in [0.1, 0.15) is 6.04 Å². The number of halogens is 4. The van der Waals surface area contributed by atoms with Crippen LogP contribution in [0.2, 0.25) is 0 Å². The van der Waals surface area contributed by atoms with Crippen molar-refractivity contribution in [1.82, 2.24) is 0 Å². The van der Waals surface area contributed by atoms with Crippen LogP contribution in [0.3, 0.4) is 0 Å². The Morgan fingerprint density at radius 2 is 2.00 bits per heavy atom. The predicted molar refractivity (Wildman–Crippen MR) is 56.6 cm³/mol. The molecule has 0 unspecified atom stereocenters. The van der Waals surface area contributed by atoms with Crippen molar-refractivity contribution in [2.45, 2.75) is 24.7 Å². The summed E-state index contributed by atoms with van der Waals surface area (Å²) in [5.41, 5.74) is 5.02. The molecule has 0 radical (unpaired) electrons. The molecule has 1 aromatic rings. The average Bonchev–Trinajstić information content (AvgIpc) is 2.28. The summed E-state index contributed by atoms with van der Waals surface area (Å²) < 4.78 is 54.4. The van der Waals surface area contributed by atoms with Crippen molar-refractivity contribution < 1.29 is 27.4 Å². The van der Waals surface area contributed by atoms with Gasteiger partial charge in [-0.1, -0.05) is 6.07 Å². The fourth-order valence-corrected chi connectivity index (χ4v) is 1.39. The Morgan fingerprint density at radius 3 is 2.50 bits per heavy atom. The van der Waals surface area contributed by atoms with E-state index in [2.05, 4.69) is 4.74 Å². The van der Waals surface area contributed by atoms with Crippen LogP contribution in [0.4, 0.5) is 17.6 Å². The normalized spacial score (nSPS) is 15.3. The van der Waals surface area contributed by atoms with E-state index in [1.807, 2.05) is 0 Å². The zero-order chi connectivity index (χ0) is 13.9. The van der Waals surface area contributed by atoms with E-state index < -0.39 is 30.6 Å². The molecule has 0 aliphatic rings. The second-order valence-corrected chi connectivity index (χ2v) is 3.79. The third-order valence-electron chi connectivity index (χ3n) is 2.46. The van der Waals surface area contributed by atoms with Crippen molar-refractivity contribution in [3.8, 4) is 5.75 Å². The maximum Gasteiger partial charge on any atom is 0.403 e. The summed E-state index contributed by atoms with van der Waals surface area (Å²) in [5, 5.41) is 9.61. The van der Waals surface area contributed by atoms with Crippen LogP contribution in [0.1, 0.15) is 18.1 Å². The minimum Gasteiger partial charge on any atom is -0.494 e. The molecule has 1 aromatic carbocycles. The summed E-state index contributed by atoms with van der Waals surface area (Å²) in [5.74, 6) is -0.805. The first kappa shape index (κ1) is 14.7. The fraction of sp³-hybridized carbons (Fsp3) is 0.455. The van der Waals surface area contributed by atoms with E-state index in [4.69, 9.17) is 5.73 Å². The molecule has 102 valence electrons. The maximum atomic E-state index is 13.1. The predicted octanol–water partition coefficient (Wildman–Crippen LogP) is 2.15. The van der Waals surface area contributed by atoms with Gasteiger partial charge < -0.3 is 15.6 Å². The minimum absolute atomic E-state index is 0.118. The summed E-state index contributed by atoms with van der Waals surface area (Å²) in [7, 11) is 1.22. The molecular weight excluding hydrogens is 254 g/mol. The summed E-state index contributed by atoms with van der Waals surface area (Å²) in [6.07, 6.45) is -6.71. The van der Waals surface area contributed by atoms with Gasteiger partial charge in [-0.2, -0.15) is 13.2 Å². The first-order valence-corrected chi connectivity index (χ1v) is 5.09. The Kier molecular flexibility index (Phi) is 4.53. The molecule has 0 aliphatic heterocycles. The lowest BCUT2D eigenvalue weighted by Gasteiger charge is -2.19. The van der Waals surface area contributed by atoms with E-state index in [9.17, 15) is 22.7 Å². The Bertz CT molecular complexity index is 409. The highest BCUT2D eigenvalue weighted by molar-refractivity contribution is 5.31. The van der Waals surface area contributed by atoms with Gasteiger partial charge in [-0.3, -0.25) is 0 Å². The molecule has 0 heterocycles. The Morgan fingerprint density at radius 1 is 1.39 bits per heavy atom. The summed E-state index contributed by atoms with van der Waals surface area (Å²) >= 11 is 0. The van der Waals surface area contributed by atoms with E-state index in [0.29, 0.717) is 0 Å². The van der Waals surface area contributed by atoms with Crippen LogP contribution >= 0.6 is 0 Å². The van der Waals surface area contributed by atoms with Gasteiger partial charge in [0, 0.05) is 6.42 Å². The van der Waals surface area contributed by atoms with Gasteiger partial charge in [0.05, 0.1) is 13.2 Å². The Hall–Kier alpha value is -1.34. The van der Waals surface area contributed by atoms with E-state index in [0.717, 1.165) is 12.1 Å². The molecular formula is C11H13F4NO2.